The summed E-state index contributed by atoms with van der Waals surface area (Å²) in [6.07, 6.45) is 1.92. The van der Waals surface area contributed by atoms with E-state index in [1.807, 2.05) is 0 Å². The smallest absolute Gasteiger partial charge is 0.386 e. The molecule has 2 N–H and O–H groups in total. The summed E-state index contributed by atoms with van der Waals surface area (Å²) in [5.74, 6) is -0.293. The maximum absolute atomic E-state index is 10.5. The summed E-state index contributed by atoms with van der Waals surface area (Å²) >= 11 is 0. The van der Waals surface area contributed by atoms with E-state index in [1.54, 1.807) is 13.2 Å². The number of pyridine rings is 1. The van der Waals surface area contributed by atoms with E-state index in [0.717, 1.165) is 0 Å². The van der Waals surface area contributed by atoms with Crippen LogP contribution in [0, 0.1) is 10.1 Å². The second-order valence-electron chi connectivity index (χ2n) is 2.71. The first-order chi connectivity index (χ1) is 6.66. The SMILES string of the molecule is COCCc1ccnc([N+](=O)[O-])c1N. The van der Waals surface area contributed by atoms with Gasteiger partial charge in [-0.05, 0) is 28.0 Å². The molecule has 0 spiro atoms. The first-order valence-corrected chi connectivity index (χ1v) is 4.03. The Bertz CT molecular complexity index is 341. The number of nitrogens with two attached hydrogens (primary N) is 1. The van der Waals surface area contributed by atoms with Gasteiger partial charge in [-0.1, -0.05) is 0 Å². The lowest BCUT2D eigenvalue weighted by atomic mass is 10.1. The topological polar surface area (TPSA) is 91.3 Å². The van der Waals surface area contributed by atoms with Crippen molar-refractivity contribution in [2.24, 2.45) is 0 Å². The van der Waals surface area contributed by atoms with Gasteiger partial charge in [0.05, 0.1) is 6.61 Å². The van der Waals surface area contributed by atoms with Gasteiger partial charge < -0.3 is 20.6 Å². The van der Waals surface area contributed by atoms with Gasteiger partial charge >= 0.3 is 5.82 Å². The minimum Gasteiger partial charge on any atom is -0.392 e. The van der Waals surface area contributed by atoms with E-state index in [9.17, 15) is 10.1 Å². The summed E-state index contributed by atoms with van der Waals surface area (Å²) in [6.45, 7) is 0.478. The number of nitrogens with zero attached hydrogens (tertiary/aromatic N) is 2. The van der Waals surface area contributed by atoms with Gasteiger partial charge in [0.2, 0.25) is 0 Å². The van der Waals surface area contributed by atoms with Crippen molar-refractivity contribution < 1.29 is 9.66 Å². The molecule has 76 valence electrons. The molecule has 0 fully saturated rings. The lowest BCUT2D eigenvalue weighted by Crippen LogP contribution is -2.04. The first kappa shape index (κ1) is 10.4. The molecule has 1 aromatic rings. The predicted octanol–water partition coefficient (Wildman–Crippen LogP) is 0.761. The van der Waals surface area contributed by atoms with Crippen molar-refractivity contribution in [2.75, 3.05) is 19.5 Å². The molecule has 0 amide bonds. The summed E-state index contributed by atoms with van der Waals surface area (Å²) in [5, 5.41) is 10.5. The summed E-state index contributed by atoms with van der Waals surface area (Å²) in [7, 11) is 1.56. The minimum atomic E-state index is -0.592. The second kappa shape index (κ2) is 4.52. The number of hydrogen-bond donors (Lipinski definition) is 1. The second-order valence-corrected chi connectivity index (χ2v) is 2.71. The summed E-state index contributed by atoms with van der Waals surface area (Å²) < 4.78 is 4.86. The molecule has 0 saturated heterocycles. The molecule has 1 aromatic heterocycles. The number of nitro groups is 1. The highest BCUT2D eigenvalue weighted by Crippen LogP contribution is 2.21. The van der Waals surface area contributed by atoms with Crippen LogP contribution in [0.25, 0.3) is 0 Å². The van der Waals surface area contributed by atoms with Crippen LogP contribution in [0.2, 0.25) is 0 Å². The predicted molar refractivity (Wildman–Crippen MR) is 50.9 cm³/mol. The molecule has 1 heterocycles. The zero-order valence-electron chi connectivity index (χ0n) is 7.77. The molecule has 6 heteroatoms. The maximum Gasteiger partial charge on any atom is 0.386 e. The molecule has 0 aliphatic heterocycles. The van der Waals surface area contributed by atoms with E-state index >= 15 is 0 Å². The van der Waals surface area contributed by atoms with Gasteiger partial charge in [-0.25, -0.2) is 0 Å². The van der Waals surface area contributed by atoms with E-state index in [4.69, 9.17) is 10.5 Å². The number of anilines is 1. The molecular weight excluding hydrogens is 186 g/mol. The largest absolute Gasteiger partial charge is 0.392 e. The van der Waals surface area contributed by atoms with Gasteiger partial charge in [0.25, 0.3) is 0 Å². The van der Waals surface area contributed by atoms with Crippen LogP contribution in [-0.4, -0.2) is 23.6 Å². The fraction of sp³-hybridized carbons (Fsp3) is 0.375. The van der Waals surface area contributed by atoms with Crippen molar-refractivity contribution in [3.05, 3.63) is 27.9 Å². The van der Waals surface area contributed by atoms with Gasteiger partial charge in [-0.2, -0.15) is 0 Å². The van der Waals surface area contributed by atoms with Crippen LogP contribution in [0.3, 0.4) is 0 Å². The van der Waals surface area contributed by atoms with Crippen molar-refractivity contribution in [3.8, 4) is 0 Å². The standard InChI is InChI=1S/C8H11N3O3/c1-14-5-3-6-2-4-10-8(7(6)9)11(12)13/h2,4H,3,5,9H2,1H3. The van der Waals surface area contributed by atoms with Crippen molar-refractivity contribution in [1.29, 1.82) is 0 Å². The number of aromatic nitrogens is 1. The average Bonchev–Trinajstić information content (AvgIpc) is 2.16. The molecular formula is C8H11N3O3. The number of rotatable bonds is 4. The van der Waals surface area contributed by atoms with Crippen LogP contribution >= 0.6 is 0 Å². The van der Waals surface area contributed by atoms with Crippen LogP contribution < -0.4 is 5.73 Å². The van der Waals surface area contributed by atoms with Gasteiger partial charge in [0.1, 0.15) is 11.9 Å². The Balaban J connectivity index is 2.95. The lowest BCUT2D eigenvalue weighted by molar-refractivity contribution is -0.388. The third-order valence-electron chi connectivity index (χ3n) is 1.81. The quantitative estimate of drug-likeness (QED) is 0.568. The molecule has 0 bridgehead atoms. The van der Waals surface area contributed by atoms with E-state index in [0.29, 0.717) is 18.6 Å². The Hall–Kier alpha value is -1.69. The molecule has 0 atom stereocenters. The van der Waals surface area contributed by atoms with E-state index in [-0.39, 0.29) is 11.5 Å². The average molecular weight is 197 g/mol. The third kappa shape index (κ3) is 2.17. The Morgan fingerprint density at radius 1 is 1.71 bits per heavy atom. The molecule has 6 nitrogen and oxygen atoms in total. The number of nitrogen functional groups attached to an aromatic ring is 1. The molecule has 0 aliphatic carbocycles. The maximum atomic E-state index is 10.5. The summed E-state index contributed by atoms with van der Waals surface area (Å²) in [6, 6.07) is 1.65. The molecule has 1 rings (SSSR count). The fourth-order valence-corrected chi connectivity index (χ4v) is 1.08. The highest BCUT2D eigenvalue weighted by atomic mass is 16.6. The monoisotopic (exact) mass is 197 g/mol. The Kier molecular flexibility index (Phi) is 3.35. The molecule has 14 heavy (non-hydrogen) atoms. The van der Waals surface area contributed by atoms with Crippen LogP contribution in [0.15, 0.2) is 12.3 Å². The number of hydrogen-bond acceptors (Lipinski definition) is 5. The van der Waals surface area contributed by atoms with Crippen LogP contribution in [0.5, 0.6) is 0 Å². The van der Waals surface area contributed by atoms with E-state index in [1.165, 1.54) is 6.20 Å². The van der Waals surface area contributed by atoms with Crippen molar-refractivity contribution in [3.63, 3.8) is 0 Å². The minimum absolute atomic E-state index is 0.120. The lowest BCUT2D eigenvalue weighted by Gasteiger charge is -2.03. The Morgan fingerprint density at radius 2 is 2.43 bits per heavy atom. The first-order valence-electron chi connectivity index (χ1n) is 4.03. The van der Waals surface area contributed by atoms with Crippen LogP contribution in [-0.2, 0) is 11.2 Å². The third-order valence-corrected chi connectivity index (χ3v) is 1.81. The molecule has 0 aromatic carbocycles. The summed E-state index contributed by atoms with van der Waals surface area (Å²) in [5.41, 5.74) is 6.37. The van der Waals surface area contributed by atoms with Crippen LogP contribution in [0.4, 0.5) is 11.5 Å². The highest BCUT2D eigenvalue weighted by Gasteiger charge is 2.15. The van der Waals surface area contributed by atoms with E-state index < -0.39 is 4.92 Å². The molecule has 0 saturated carbocycles. The van der Waals surface area contributed by atoms with Crippen molar-refractivity contribution in [2.45, 2.75) is 6.42 Å². The van der Waals surface area contributed by atoms with Crippen molar-refractivity contribution >= 4 is 11.5 Å². The van der Waals surface area contributed by atoms with Gasteiger partial charge in [-0.3, -0.25) is 0 Å². The highest BCUT2D eigenvalue weighted by molar-refractivity contribution is 5.58. The van der Waals surface area contributed by atoms with Crippen LogP contribution in [0.1, 0.15) is 5.56 Å². The fourth-order valence-electron chi connectivity index (χ4n) is 1.08. The Morgan fingerprint density at radius 3 is 3.00 bits per heavy atom. The van der Waals surface area contributed by atoms with Gasteiger partial charge in [0, 0.05) is 7.11 Å². The normalized spacial score (nSPS) is 10.1. The molecule has 0 unspecified atom stereocenters. The Labute approximate surface area is 80.9 Å². The molecule has 0 aliphatic rings. The zero-order chi connectivity index (χ0) is 10.6. The van der Waals surface area contributed by atoms with E-state index in [2.05, 4.69) is 4.98 Å². The van der Waals surface area contributed by atoms with Gasteiger partial charge in [-0.15, -0.1) is 0 Å². The number of methoxy groups -OCH3 is 1. The van der Waals surface area contributed by atoms with Gasteiger partial charge in [0.15, 0.2) is 0 Å². The zero-order valence-corrected chi connectivity index (χ0v) is 7.77. The summed E-state index contributed by atoms with van der Waals surface area (Å²) in [4.78, 5) is 13.5. The van der Waals surface area contributed by atoms with Crippen molar-refractivity contribution in [1.82, 2.24) is 4.98 Å². The molecule has 0 radical (unpaired) electrons. The number of ether oxygens (including phenoxy) is 1.